The molecule has 2 aromatic rings. The second-order valence-corrected chi connectivity index (χ2v) is 7.78. The molecule has 1 aliphatic heterocycles. The Hall–Kier alpha value is -2.24. The number of carbonyl (C=O) groups excluding carboxylic acids is 1. The molecule has 1 aromatic heterocycles. The van der Waals surface area contributed by atoms with Crippen LogP contribution >= 0.6 is 0 Å². The molecular formula is C19H28N4O2. The Morgan fingerprint density at radius 3 is 2.84 bits per heavy atom. The second kappa shape index (κ2) is 6.94. The summed E-state index contributed by atoms with van der Waals surface area (Å²) in [6, 6.07) is 8.14. The van der Waals surface area contributed by atoms with E-state index in [1.54, 1.807) is 0 Å². The van der Waals surface area contributed by atoms with Gasteiger partial charge in [-0.1, -0.05) is 12.1 Å². The number of hydrogen-bond acceptors (Lipinski definition) is 4. The molecule has 3 rings (SSSR count). The first-order valence-electron chi connectivity index (χ1n) is 8.99. The van der Waals surface area contributed by atoms with Crippen molar-refractivity contribution in [2.45, 2.75) is 51.7 Å². The number of likely N-dealkylation sites (tertiary alicyclic amines) is 1. The molecule has 25 heavy (non-hydrogen) atoms. The van der Waals surface area contributed by atoms with Gasteiger partial charge in [0.05, 0.1) is 17.1 Å². The smallest absolute Gasteiger partial charge is 0.410 e. The molecule has 1 atom stereocenters. The van der Waals surface area contributed by atoms with Crippen LogP contribution in [0, 0.1) is 0 Å². The van der Waals surface area contributed by atoms with Crippen LogP contribution in [-0.2, 0) is 4.74 Å². The number of fused-ring (bicyclic) bond motifs is 1. The van der Waals surface area contributed by atoms with Crippen molar-refractivity contribution in [1.82, 2.24) is 14.9 Å². The van der Waals surface area contributed by atoms with Gasteiger partial charge in [-0.05, 0) is 52.2 Å². The van der Waals surface area contributed by atoms with Crippen molar-refractivity contribution in [3.63, 3.8) is 0 Å². The molecule has 6 heteroatoms. The number of ether oxygens (including phenoxy) is 1. The van der Waals surface area contributed by atoms with Gasteiger partial charge in [-0.15, -0.1) is 0 Å². The van der Waals surface area contributed by atoms with E-state index in [1.807, 2.05) is 57.0 Å². The molecule has 1 N–H and O–H groups in total. The topological polar surface area (TPSA) is 61.5 Å². The Kier molecular flexibility index (Phi) is 4.88. The lowest BCUT2D eigenvalue weighted by Crippen LogP contribution is -2.50. The van der Waals surface area contributed by atoms with Crippen LogP contribution in [0.3, 0.4) is 0 Å². The number of amides is 1. The van der Waals surface area contributed by atoms with E-state index in [9.17, 15) is 4.79 Å². The second-order valence-electron chi connectivity index (χ2n) is 7.78. The molecule has 0 saturated carbocycles. The first-order valence-corrected chi connectivity index (χ1v) is 8.99. The minimum atomic E-state index is -0.469. The molecule has 1 fully saturated rings. The van der Waals surface area contributed by atoms with Gasteiger partial charge in [-0.3, -0.25) is 0 Å². The maximum absolute atomic E-state index is 12.5. The van der Waals surface area contributed by atoms with Gasteiger partial charge in [0, 0.05) is 20.1 Å². The highest BCUT2D eigenvalue weighted by atomic mass is 16.6. The minimum absolute atomic E-state index is 0.141. The molecule has 0 radical (unpaired) electrons. The molecule has 1 aromatic carbocycles. The van der Waals surface area contributed by atoms with Gasteiger partial charge in [-0.2, -0.15) is 0 Å². The Balaban J connectivity index is 1.71. The Bertz CT molecular complexity index is 701. The summed E-state index contributed by atoms with van der Waals surface area (Å²) in [5.74, 6) is 0.830. The summed E-state index contributed by atoms with van der Waals surface area (Å²) in [5.41, 5.74) is 1.51. The number of para-hydroxylation sites is 2. The lowest BCUT2D eigenvalue weighted by Gasteiger charge is -2.38. The van der Waals surface area contributed by atoms with Crippen LogP contribution in [-0.4, -0.2) is 52.7 Å². The summed E-state index contributed by atoms with van der Waals surface area (Å²) in [4.78, 5) is 24.5. The zero-order valence-electron chi connectivity index (χ0n) is 15.6. The van der Waals surface area contributed by atoms with Crippen LogP contribution < -0.4 is 4.90 Å². The third kappa shape index (κ3) is 4.24. The summed E-state index contributed by atoms with van der Waals surface area (Å²) in [7, 11) is 2.01. The van der Waals surface area contributed by atoms with E-state index < -0.39 is 5.60 Å². The van der Waals surface area contributed by atoms with E-state index in [4.69, 9.17) is 4.74 Å². The molecule has 2 heterocycles. The fourth-order valence-electron chi connectivity index (χ4n) is 3.27. The molecule has 6 nitrogen and oxygen atoms in total. The molecule has 0 unspecified atom stereocenters. The molecule has 0 spiro atoms. The van der Waals surface area contributed by atoms with Crippen molar-refractivity contribution in [3.8, 4) is 0 Å². The number of nitrogens with one attached hydrogen (secondary N) is 1. The zero-order valence-corrected chi connectivity index (χ0v) is 15.6. The third-order valence-electron chi connectivity index (χ3n) is 4.48. The number of rotatable bonds is 3. The van der Waals surface area contributed by atoms with Crippen molar-refractivity contribution >= 4 is 23.1 Å². The number of H-pyrrole nitrogens is 1. The predicted octanol–water partition coefficient (Wildman–Crippen LogP) is 3.79. The number of anilines is 1. The quantitative estimate of drug-likeness (QED) is 0.920. The van der Waals surface area contributed by atoms with Gasteiger partial charge in [0.25, 0.3) is 0 Å². The summed E-state index contributed by atoms with van der Waals surface area (Å²) in [6.45, 7) is 7.21. The number of hydrogen-bond donors (Lipinski definition) is 1. The van der Waals surface area contributed by atoms with E-state index in [1.165, 1.54) is 0 Å². The maximum Gasteiger partial charge on any atom is 0.410 e. The SMILES string of the molecule is CN(C[C@H]1CCCCN1C(=O)OC(C)(C)C)c1nc2ccccc2[nH]1. The van der Waals surface area contributed by atoms with Crippen molar-refractivity contribution in [2.75, 3.05) is 25.0 Å². The first kappa shape index (κ1) is 17.6. The monoisotopic (exact) mass is 344 g/mol. The number of nitrogens with zero attached hydrogens (tertiary/aromatic N) is 3. The van der Waals surface area contributed by atoms with Gasteiger partial charge < -0.3 is 19.5 Å². The van der Waals surface area contributed by atoms with Crippen LogP contribution in [0.5, 0.6) is 0 Å². The number of imidazole rings is 1. The normalized spacial score (nSPS) is 18.4. The van der Waals surface area contributed by atoms with Crippen molar-refractivity contribution < 1.29 is 9.53 Å². The number of aromatic nitrogens is 2. The van der Waals surface area contributed by atoms with Gasteiger partial charge in [0.1, 0.15) is 5.60 Å². The number of carbonyl (C=O) groups is 1. The van der Waals surface area contributed by atoms with E-state index >= 15 is 0 Å². The van der Waals surface area contributed by atoms with E-state index in [2.05, 4.69) is 14.9 Å². The van der Waals surface area contributed by atoms with E-state index in [0.717, 1.165) is 49.3 Å². The molecule has 0 aliphatic carbocycles. The van der Waals surface area contributed by atoms with Gasteiger partial charge in [0.15, 0.2) is 0 Å². The molecule has 1 aliphatic rings. The van der Waals surface area contributed by atoms with Crippen LogP contribution in [0.2, 0.25) is 0 Å². The summed E-state index contributed by atoms with van der Waals surface area (Å²) in [5, 5.41) is 0. The van der Waals surface area contributed by atoms with Gasteiger partial charge >= 0.3 is 6.09 Å². The van der Waals surface area contributed by atoms with Crippen molar-refractivity contribution in [1.29, 1.82) is 0 Å². The number of aromatic amines is 1. The lowest BCUT2D eigenvalue weighted by molar-refractivity contribution is 0.0108. The molecular weight excluding hydrogens is 316 g/mol. The van der Waals surface area contributed by atoms with Crippen LogP contribution in [0.15, 0.2) is 24.3 Å². The van der Waals surface area contributed by atoms with Crippen LogP contribution in [0.1, 0.15) is 40.0 Å². The van der Waals surface area contributed by atoms with Crippen molar-refractivity contribution in [2.24, 2.45) is 0 Å². The average Bonchev–Trinajstić information content (AvgIpc) is 2.98. The number of benzene rings is 1. The van der Waals surface area contributed by atoms with Gasteiger partial charge in [-0.25, -0.2) is 9.78 Å². The minimum Gasteiger partial charge on any atom is -0.444 e. The highest BCUT2D eigenvalue weighted by Crippen LogP contribution is 2.23. The highest BCUT2D eigenvalue weighted by Gasteiger charge is 2.31. The molecule has 1 saturated heterocycles. The zero-order chi connectivity index (χ0) is 18.0. The van der Waals surface area contributed by atoms with E-state index in [0.29, 0.717) is 0 Å². The fourth-order valence-corrected chi connectivity index (χ4v) is 3.27. The highest BCUT2D eigenvalue weighted by molar-refractivity contribution is 5.77. The standard InChI is InChI=1S/C19H28N4O2/c1-19(2,3)25-18(24)23-12-8-7-9-14(23)13-22(4)17-20-15-10-5-6-11-16(15)21-17/h5-6,10-11,14H,7-9,12-13H2,1-4H3,(H,20,21)/t14-/m1/s1. The first-order chi connectivity index (χ1) is 11.8. The van der Waals surface area contributed by atoms with Crippen LogP contribution in [0.4, 0.5) is 10.7 Å². The largest absolute Gasteiger partial charge is 0.444 e. The lowest BCUT2D eigenvalue weighted by atomic mass is 10.0. The fraction of sp³-hybridized carbons (Fsp3) is 0.579. The average molecular weight is 344 g/mol. The molecule has 1 amide bonds. The molecule has 0 bridgehead atoms. The van der Waals surface area contributed by atoms with E-state index in [-0.39, 0.29) is 12.1 Å². The van der Waals surface area contributed by atoms with Crippen molar-refractivity contribution in [3.05, 3.63) is 24.3 Å². The Labute approximate surface area is 149 Å². The third-order valence-corrected chi connectivity index (χ3v) is 4.48. The summed E-state index contributed by atoms with van der Waals surface area (Å²) < 4.78 is 5.59. The molecule has 136 valence electrons. The number of likely N-dealkylation sites (N-methyl/N-ethyl adjacent to an activating group) is 1. The summed E-state index contributed by atoms with van der Waals surface area (Å²) in [6.07, 6.45) is 2.95. The van der Waals surface area contributed by atoms with Crippen LogP contribution in [0.25, 0.3) is 11.0 Å². The predicted molar refractivity (Wildman–Crippen MR) is 99.9 cm³/mol. The number of piperidine rings is 1. The Morgan fingerprint density at radius 1 is 1.36 bits per heavy atom. The van der Waals surface area contributed by atoms with Gasteiger partial charge in [0.2, 0.25) is 5.95 Å². The maximum atomic E-state index is 12.5. The summed E-state index contributed by atoms with van der Waals surface area (Å²) >= 11 is 0. The Morgan fingerprint density at radius 2 is 2.12 bits per heavy atom.